The fourth-order valence-electron chi connectivity index (χ4n) is 3.07. The van der Waals surface area contributed by atoms with Gasteiger partial charge in [0.25, 0.3) is 5.91 Å². The number of rotatable bonds is 5. The summed E-state index contributed by atoms with van der Waals surface area (Å²) in [5, 5.41) is 10.1. The molecular weight excluding hydrogens is 338 g/mol. The van der Waals surface area contributed by atoms with Crippen LogP contribution in [0.25, 0.3) is 0 Å². The van der Waals surface area contributed by atoms with Crippen LogP contribution in [0.3, 0.4) is 0 Å². The largest absolute Gasteiger partial charge is 0.355 e. The van der Waals surface area contributed by atoms with Gasteiger partial charge in [0.15, 0.2) is 0 Å². The molecule has 3 heterocycles. The van der Waals surface area contributed by atoms with E-state index in [4.69, 9.17) is 0 Å². The van der Waals surface area contributed by atoms with Gasteiger partial charge in [-0.25, -0.2) is 4.98 Å². The molecule has 3 rings (SSSR count). The minimum absolute atomic E-state index is 0.0160. The number of piperidine rings is 1. The second-order valence-corrected chi connectivity index (χ2v) is 7.37. The zero-order valence-corrected chi connectivity index (χ0v) is 15.4. The molecule has 25 heavy (non-hydrogen) atoms. The Labute approximate surface area is 151 Å². The van der Waals surface area contributed by atoms with Crippen molar-refractivity contribution in [3.63, 3.8) is 0 Å². The molecule has 1 fully saturated rings. The van der Waals surface area contributed by atoms with Crippen LogP contribution in [-0.4, -0.2) is 51.1 Å². The maximum absolute atomic E-state index is 12.4. The Kier molecular flexibility index (Phi) is 5.47. The van der Waals surface area contributed by atoms with E-state index < -0.39 is 0 Å². The molecule has 0 atom stereocenters. The zero-order valence-electron chi connectivity index (χ0n) is 14.6. The summed E-state index contributed by atoms with van der Waals surface area (Å²) in [6.07, 6.45) is 3.78. The highest BCUT2D eigenvalue weighted by Crippen LogP contribution is 2.19. The van der Waals surface area contributed by atoms with E-state index >= 15 is 0 Å². The number of carbonyl (C=O) groups is 2. The van der Waals surface area contributed by atoms with Gasteiger partial charge >= 0.3 is 0 Å². The van der Waals surface area contributed by atoms with Crippen LogP contribution in [0.15, 0.2) is 17.6 Å². The van der Waals surface area contributed by atoms with Crippen molar-refractivity contribution >= 4 is 23.2 Å². The Morgan fingerprint density at radius 3 is 2.72 bits per heavy atom. The minimum atomic E-state index is -0.0206. The lowest BCUT2D eigenvalue weighted by atomic mass is 9.95. The molecule has 0 bridgehead atoms. The Morgan fingerprint density at radius 1 is 1.36 bits per heavy atom. The summed E-state index contributed by atoms with van der Waals surface area (Å²) in [6, 6.07) is 1.72. The van der Waals surface area contributed by atoms with Crippen molar-refractivity contribution in [1.82, 2.24) is 25.0 Å². The summed E-state index contributed by atoms with van der Waals surface area (Å²) in [5.74, 6) is 0.0464. The van der Waals surface area contributed by atoms with Gasteiger partial charge in [0.2, 0.25) is 5.91 Å². The average molecular weight is 361 g/mol. The summed E-state index contributed by atoms with van der Waals surface area (Å²) < 4.78 is 1.58. The summed E-state index contributed by atoms with van der Waals surface area (Å²) >= 11 is 1.63. The zero-order chi connectivity index (χ0) is 17.8. The summed E-state index contributed by atoms with van der Waals surface area (Å²) in [4.78, 5) is 31.0. The van der Waals surface area contributed by atoms with Gasteiger partial charge in [0.05, 0.1) is 10.7 Å². The van der Waals surface area contributed by atoms with Crippen LogP contribution in [-0.2, 0) is 18.3 Å². The number of hydrogen-bond acceptors (Lipinski definition) is 5. The number of hydrogen-bond donors (Lipinski definition) is 1. The minimum Gasteiger partial charge on any atom is -0.355 e. The first-order chi connectivity index (χ1) is 12.0. The van der Waals surface area contributed by atoms with Crippen LogP contribution < -0.4 is 5.32 Å². The smallest absolute Gasteiger partial charge is 0.272 e. The van der Waals surface area contributed by atoms with E-state index in [1.165, 1.54) is 0 Å². The van der Waals surface area contributed by atoms with Gasteiger partial charge in [0, 0.05) is 50.6 Å². The molecule has 0 aliphatic carbocycles. The molecule has 0 unspecified atom stereocenters. The molecule has 1 aliphatic rings. The van der Waals surface area contributed by atoms with E-state index in [1.807, 2.05) is 12.3 Å². The van der Waals surface area contributed by atoms with E-state index in [0.29, 0.717) is 38.2 Å². The maximum Gasteiger partial charge on any atom is 0.272 e. The average Bonchev–Trinajstić information content (AvgIpc) is 3.22. The monoisotopic (exact) mass is 361 g/mol. The maximum atomic E-state index is 12.4. The van der Waals surface area contributed by atoms with Gasteiger partial charge in [-0.1, -0.05) is 0 Å². The highest BCUT2D eigenvalue weighted by molar-refractivity contribution is 7.09. The van der Waals surface area contributed by atoms with Crippen molar-refractivity contribution in [2.45, 2.75) is 26.2 Å². The second-order valence-electron chi connectivity index (χ2n) is 6.31. The number of nitrogens with one attached hydrogen (secondary N) is 1. The lowest BCUT2D eigenvalue weighted by Crippen LogP contribution is -2.43. The van der Waals surface area contributed by atoms with E-state index in [2.05, 4.69) is 15.4 Å². The number of thiazole rings is 1. The van der Waals surface area contributed by atoms with Crippen molar-refractivity contribution in [1.29, 1.82) is 0 Å². The van der Waals surface area contributed by atoms with E-state index in [-0.39, 0.29) is 17.7 Å². The summed E-state index contributed by atoms with van der Waals surface area (Å²) in [5.41, 5.74) is 1.61. The first-order valence-electron chi connectivity index (χ1n) is 8.50. The Morgan fingerprint density at radius 2 is 2.12 bits per heavy atom. The van der Waals surface area contributed by atoms with Crippen molar-refractivity contribution in [2.75, 3.05) is 19.6 Å². The molecule has 2 amide bonds. The Hall–Kier alpha value is -2.22. The fourth-order valence-corrected chi connectivity index (χ4v) is 3.72. The van der Waals surface area contributed by atoms with Gasteiger partial charge in [0.1, 0.15) is 5.69 Å². The number of nitrogens with zero attached hydrogens (tertiary/aromatic N) is 4. The van der Waals surface area contributed by atoms with Crippen LogP contribution in [0.4, 0.5) is 0 Å². The first kappa shape index (κ1) is 17.6. The third-order valence-electron chi connectivity index (χ3n) is 4.54. The Bertz CT molecular complexity index is 746. The number of amides is 2. The molecule has 1 saturated heterocycles. The molecule has 1 N–H and O–H groups in total. The number of aromatic nitrogens is 3. The molecule has 0 aromatic carbocycles. The lowest BCUT2D eigenvalue weighted by Gasteiger charge is -2.31. The van der Waals surface area contributed by atoms with Crippen molar-refractivity contribution in [2.24, 2.45) is 13.0 Å². The van der Waals surface area contributed by atoms with Crippen molar-refractivity contribution in [3.05, 3.63) is 34.0 Å². The summed E-state index contributed by atoms with van der Waals surface area (Å²) in [6.45, 7) is 3.80. The van der Waals surface area contributed by atoms with Crippen LogP contribution in [0, 0.1) is 12.8 Å². The highest BCUT2D eigenvalue weighted by atomic mass is 32.1. The van der Waals surface area contributed by atoms with E-state index in [9.17, 15) is 9.59 Å². The molecule has 2 aromatic heterocycles. The highest BCUT2D eigenvalue weighted by Gasteiger charge is 2.28. The molecule has 1 aliphatic heterocycles. The predicted octanol–water partition coefficient (Wildman–Crippen LogP) is 1.40. The third-order valence-corrected chi connectivity index (χ3v) is 5.36. The molecule has 2 aromatic rings. The van der Waals surface area contributed by atoms with Gasteiger partial charge in [-0.05, 0) is 25.8 Å². The van der Waals surface area contributed by atoms with E-state index in [1.54, 1.807) is 40.2 Å². The molecule has 7 nitrogen and oxygen atoms in total. The SMILES string of the molecule is Cc1nc(CCNC(=O)C2CCN(C(=O)c3ccnn3C)CC2)cs1. The molecule has 0 spiro atoms. The van der Waals surface area contributed by atoms with Crippen molar-refractivity contribution < 1.29 is 9.59 Å². The quantitative estimate of drug-likeness (QED) is 0.873. The van der Waals surface area contributed by atoms with Crippen LogP contribution >= 0.6 is 11.3 Å². The van der Waals surface area contributed by atoms with Gasteiger partial charge in [-0.2, -0.15) is 5.10 Å². The molecular formula is C17H23N5O2S. The van der Waals surface area contributed by atoms with Crippen molar-refractivity contribution in [3.8, 4) is 0 Å². The molecule has 0 saturated carbocycles. The van der Waals surface area contributed by atoms with Crippen LogP contribution in [0.5, 0.6) is 0 Å². The van der Waals surface area contributed by atoms with E-state index in [0.717, 1.165) is 17.1 Å². The number of aryl methyl sites for hydroxylation is 2. The fraction of sp³-hybridized carbons (Fsp3) is 0.529. The molecule has 134 valence electrons. The number of carbonyl (C=O) groups excluding carboxylic acids is 2. The molecule has 8 heteroatoms. The van der Waals surface area contributed by atoms with Gasteiger partial charge in [-0.3, -0.25) is 14.3 Å². The van der Waals surface area contributed by atoms with Gasteiger partial charge in [-0.15, -0.1) is 11.3 Å². The lowest BCUT2D eigenvalue weighted by molar-refractivity contribution is -0.126. The first-order valence-corrected chi connectivity index (χ1v) is 9.38. The molecule has 0 radical (unpaired) electrons. The number of likely N-dealkylation sites (tertiary alicyclic amines) is 1. The summed E-state index contributed by atoms with van der Waals surface area (Å²) in [7, 11) is 1.76. The normalized spacial score (nSPS) is 15.4. The topological polar surface area (TPSA) is 80.1 Å². The second kappa shape index (κ2) is 7.77. The predicted molar refractivity (Wildman–Crippen MR) is 95.4 cm³/mol. The van der Waals surface area contributed by atoms with Crippen LogP contribution in [0.2, 0.25) is 0 Å². The standard InChI is InChI=1S/C17H23N5O2S/c1-12-20-14(11-25-12)3-7-18-16(23)13-5-9-22(10-6-13)17(24)15-4-8-19-21(15)2/h4,8,11,13H,3,5-7,9-10H2,1-2H3,(H,18,23). The van der Waals surface area contributed by atoms with Gasteiger partial charge < -0.3 is 10.2 Å². The Balaban J connectivity index is 1.43. The van der Waals surface area contributed by atoms with Crippen LogP contribution in [0.1, 0.15) is 34.0 Å². The third kappa shape index (κ3) is 4.25.